The lowest BCUT2D eigenvalue weighted by Gasteiger charge is -2.11. The van der Waals surface area contributed by atoms with Crippen molar-refractivity contribution >= 4 is 17.4 Å². The lowest BCUT2D eigenvalue weighted by Crippen LogP contribution is -2.17. The quantitative estimate of drug-likeness (QED) is 0.357. The first-order chi connectivity index (χ1) is 11.7. The van der Waals surface area contributed by atoms with Crippen molar-refractivity contribution in [2.24, 2.45) is 0 Å². The van der Waals surface area contributed by atoms with Gasteiger partial charge < -0.3 is 4.74 Å². The highest BCUT2D eigenvalue weighted by Crippen LogP contribution is 2.24. The monoisotopic (exact) mass is 341 g/mol. The van der Waals surface area contributed by atoms with Crippen LogP contribution in [0.1, 0.15) is 43.0 Å². The highest BCUT2D eigenvalue weighted by molar-refractivity contribution is 6.02. The molecule has 0 unspecified atom stereocenters. The second-order valence-electron chi connectivity index (χ2n) is 6.00. The molecule has 0 amide bonds. The number of rotatable bonds is 5. The first-order valence-corrected chi connectivity index (χ1v) is 7.74. The molecule has 2 aromatic rings. The van der Waals surface area contributed by atoms with Crippen LogP contribution in [-0.2, 0) is 4.74 Å². The van der Waals surface area contributed by atoms with Crippen LogP contribution in [0.5, 0.6) is 0 Å². The smallest absolute Gasteiger partial charge is 0.345 e. The summed E-state index contributed by atoms with van der Waals surface area (Å²) in [5, 5.41) is 11.2. The van der Waals surface area contributed by atoms with E-state index in [0.717, 1.165) is 16.7 Å². The zero-order valence-corrected chi connectivity index (χ0v) is 14.6. The van der Waals surface area contributed by atoms with Gasteiger partial charge in [0.2, 0.25) is 5.78 Å². The van der Waals surface area contributed by atoms with Crippen LogP contribution in [0, 0.1) is 37.8 Å². The summed E-state index contributed by atoms with van der Waals surface area (Å²) in [4.78, 5) is 35.1. The largest absolute Gasteiger partial charge is 0.454 e. The van der Waals surface area contributed by atoms with Crippen molar-refractivity contribution in [3.8, 4) is 0 Å². The minimum atomic E-state index is -0.883. The van der Waals surface area contributed by atoms with E-state index in [1.54, 1.807) is 13.0 Å². The lowest BCUT2D eigenvalue weighted by molar-refractivity contribution is -0.385. The summed E-state index contributed by atoms with van der Waals surface area (Å²) >= 11 is 0. The van der Waals surface area contributed by atoms with Crippen molar-refractivity contribution in [2.75, 3.05) is 6.61 Å². The molecule has 0 aliphatic rings. The third-order valence-electron chi connectivity index (χ3n) is 3.93. The number of benzene rings is 2. The summed E-state index contributed by atoms with van der Waals surface area (Å²) in [6.45, 7) is 6.65. The van der Waals surface area contributed by atoms with Crippen molar-refractivity contribution < 1.29 is 19.2 Å². The molecule has 2 rings (SSSR count). The van der Waals surface area contributed by atoms with Gasteiger partial charge >= 0.3 is 5.97 Å². The number of nitrogens with zero attached hydrogens (tertiary/aromatic N) is 1. The van der Waals surface area contributed by atoms with E-state index in [1.807, 2.05) is 32.9 Å². The Bertz CT molecular complexity index is 847. The Morgan fingerprint density at radius 1 is 1.04 bits per heavy atom. The van der Waals surface area contributed by atoms with Gasteiger partial charge in [-0.25, -0.2) is 4.79 Å². The highest BCUT2D eigenvalue weighted by Gasteiger charge is 2.24. The van der Waals surface area contributed by atoms with Gasteiger partial charge in [0.1, 0.15) is 5.56 Å². The molecular formula is C19H19NO5. The number of Topliss-reactive ketones (excluding diaryl/α,β-unsaturated/α-hetero) is 1. The summed E-state index contributed by atoms with van der Waals surface area (Å²) in [5.74, 6) is -1.22. The van der Waals surface area contributed by atoms with Crippen molar-refractivity contribution in [3.05, 3.63) is 73.8 Å². The average molecular weight is 341 g/mol. The van der Waals surface area contributed by atoms with Crippen molar-refractivity contribution in [3.63, 3.8) is 0 Å². The first-order valence-electron chi connectivity index (χ1n) is 7.74. The number of ether oxygens (including phenoxy) is 1. The Morgan fingerprint density at radius 2 is 1.64 bits per heavy atom. The molecule has 6 nitrogen and oxygen atoms in total. The molecular weight excluding hydrogens is 322 g/mol. The van der Waals surface area contributed by atoms with Crippen LogP contribution in [0.4, 0.5) is 5.69 Å². The van der Waals surface area contributed by atoms with E-state index in [4.69, 9.17) is 4.74 Å². The molecule has 0 heterocycles. The van der Waals surface area contributed by atoms with Crippen LogP contribution < -0.4 is 0 Å². The van der Waals surface area contributed by atoms with Gasteiger partial charge in [-0.2, -0.15) is 0 Å². The normalized spacial score (nSPS) is 10.4. The Hall–Kier alpha value is -3.02. The minimum absolute atomic E-state index is 0.157. The number of carbonyl (C=O) groups excluding carboxylic acids is 2. The first kappa shape index (κ1) is 18.3. The average Bonchev–Trinajstić information content (AvgIpc) is 2.50. The van der Waals surface area contributed by atoms with Gasteiger partial charge in [0.15, 0.2) is 6.61 Å². The predicted octanol–water partition coefficient (Wildman–Crippen LogP) is 3.87. The van der Waals surface area contributed by atoms with E-state index in [2.05, 4.69) is 0 Å². The Balaban J connectivity index is 2.20. The number of nitro groups is 1. The maximum atomic E-state index is 12.4. The number of hydrogen-bond donors (Lipinski definition) is 0. The molecule has 6 heteroatoms. The van der Waals surface area contributed by atoms with Gasteiger partial charge in [-0.1, -0.05) is 29.8 Å². The van der Waals surface area contributed by atoms with Crippen LogP contribution in [0.25, 0.3) is 0 Å². The Morgan fingerprint density at radius 3 is 2.20 bits per heavy atom. The zero-order chi connectivity index (χ0) is 18.7. The number of hydrogen-bond acceptors (Lipinski definition) is 5. The number of carbonyl (C=O) groups is 2. The molecule has 0 saturated carbocycles. The molecule has 0 aliphatic carbocycles. The van der Waals surface area contributed by atoms with E-state index in [9.17, 15) is 19.7 Å². The molecule has 130 valence electrons. The molecule has 0 atom stereocenters. The Labute approximate surface area is 145 Å². The van der Waals surface area contributed by atoms with Crippen LogP contribution in [0.15, 0.2) is 30.3 Å². The number of para-hydroxylation sites is 1. The fourth-order valence-corrected chi connectivity index (χ4v) is 2.97. The molecule has 0 fully saturated rings. The number of ketones is 1. The van der Waals surface area contributed by atoms with Crippen molar-refractivity contribution in [2.45, 2.75) is 27.7 Å². The topological polar surface area (TPSA) is 86.5 Å². The van der Waals surface area contributed by atoms with E-state index >= 15 is 0 Å². The highest BCUT2D eigenvalue weighted by atomic mass is 16.6. The second-order valence-corrected chi connectivity index (χ2v) is 6.00. The van der Waals surface area contributed by atoms with E-state index in [1.165, 1.54) is 12.1 Å². The second kappa shape index (κ2) is 7.25. The molecule has 2 aromatic carbocycles. The zero-order valence-electron chi connectivity index (χ0n) is 14.6. The van der Waals surface area contributed by atoms with Gasteiger partial charge in [0, 0.05) is 11.1 Å². The molecule has 0 N–H and O–H groups in total. The summed E-state index contributed by atoms with van der Waals surface area (Å²) in [6.07, 6.45) is 0. The number of aryl methyl sites for hydroxylation is 4. The van der Waals surface area contributed by atoms with E-state index in [-0.39, 0.29) is 17.0 Å². The van der Waals surface area contributed by atoms with Gasteiger partial charge in [0.05, 0.1) is 4.92 Å². The fraction of sp³-hybridized carbons (Fsp3) is 0.263. The van der Waals surface area contributed by atoms with Crippen molar-refractivity contribution in [1.29, 1.82) is 0 Å². The molecule has 25 heavy (non-hydrogen) atoms. The number of esters is 1. The maximum Gasteiger partial charge on any atom is 0.345 e. The fourth-order valence-electron chi connectivity index (χ4n) is 2.97. The van der Waals surface area contributed by atoms with Gasteiger partial charge in [-0.3, -0.25) is 14.9 Å². The summed E-state index contributed by atoms with van der Waals surface area (Å²) in [5.41, 5.74) is 3.06. The minimum Gasteiger partial charge on any atom is -0.454 e. The third-order valence-corrected chi connectivity index (χ3v) is 3.93. The molecule has 0 aliphatic heterocycles. The molecule has 0 spiro atoms. The third kappa shape index (κ3) is 3.91. The SMILES string of the molecule is Cc1cc(C)c(C(=O)COC(=O)c2cccc(C)c2[N+](=O)[O-])c(C)c1. The molecule has 0 bridgehead atoms. The van der Waals surface area contributed by atoms with Crippen LogP contribution in [0.2, 0.25) is 0 Å². The molecule has 0 saturated heterocycles. The molecule has 0 aromatic heterocycles. The molecule has 0 radical (unpaired) electrons. The van der Waals surface area contributed by atoms with Crippen LogP contribution >= 0.6 is 0 Å². The van der Waals surface area contributed by atoms with E-state index < -0.39 is 17.5 Å². The summed E-state index contributed by atoms with van der Waals surface area (Å²) in [6, 6.07) is 8.16. The van der Waals surface area contributed by atoms with Crippen LogP contribution in [-0.4, -0.2) is 23.3 Å². The van der Waals surface area contributed by atoms with Gasteiger partial charge in [-0.15, -0.1) is 0 Å². The van der Waals surface area contributed by atoms with Gasteiger partial charge in [-0.05, 0) is 44.9 Å². The summed E-state index contributed by atoms with van der Waals surface area (Å²) < 4.78 is 5.04. The standard InChI is InChI=1S/C19H19NO5/c1-11-8-13(3)17(14(4)9-11)16(21)10-25-19(22)15-7-5-6-12(2)18(15)20(23)24/h5-9H,10H2,1-4H3. The maximum absolute atomic E-state index is 12.4. The summed E-state index contributed by atoms with van der Waals surface area (Å²) in [7, 11) is 0. The number of nitro benzene ring substituents is 1. The predicted molar refractivity (Wildman–Crippen MR) is 93.1 cm³/mol. The van der Waals surface area contributed by atoms with Crippen molar-refractivity contribution in [1.82, 2.24) is 0 Å². The lowest BCUT2D eigenvalue weighted by atomic mass is 9.97. The Kier molecular flexibility index (Phi) is 5.32. The van der Waals surface area contributed by atoms with Gasteiger partial charge in [0.25, 0.3) is 5.69 Å². The van der Waals surface area contributed by atoms with E-state index in [0.29, 0.717) is 11.1 Å². The van der Waals surface area contributed by atoms with Crippen LogP contribution in [0.3, 0.4) is 0 Å².